The Morgan fingerprint density at radius 2 is 2.14 bits per heavy atom. The summed E-state index contributed by atoms with van der Waals surface area (Å²) in [6.45, 7) is 3.93. The van der Waals surface area contributed by atoms with Crippen molar-refractivity contribution in [1.29, 1.82) is 0 Å². The molecule has 1 aliphatic rings. The molecule has 0 radical (unpaired) electrons. The predicted molar refractivity (Wildman–Crippen MR) is 61.4 cm³/mol. The molecule has 1 aliphatic heterocycles. The molecule has 0 aliphatic carbocycles. The van der Waals surface area contributed by atoms with E-state index < -0.39 is 0 Å². The van der Waals surface area contributed by atoms with Crippen molar-refractivity contribution in [3.05, 3.63) is 0 Å². The van der Waals surface area contributed by atoms with Crippen LogP contribution in [0, 0.1) is 0 Å². The highest BCUT2D eigenvalue weighted by molar-refractivity contribution is 7.99. The quantitative estimate of drug-likeness (QED) is 0.700. The number of rotatable bonds is 5. The molecule has 0 spiro atoms. The van der Waals surface area contributed by atoms with Gasteiger partial charge in [0.05, 0.1) is 5.75 Å². The van der Waals surface area contributed by atoms with E-state index >= 15 is 0 Å². The zero-order chi connectivity index (χ0) is 10.4. The van der Waals surface area contributed by atoms with Crippen LogP contribution < -0.4 is 5.73 Å². The molecule has 1 rings (SSSR count). The number of carbonyl (C=O) groups excluding carboxylic acids is 1. The number of carbonyl (C=O) groups is 1. The predicted octanol–water partition coefficient (Wildman–Crippen LogP) is 1.08. The van der Waals surface area contributed by atoms with Gasteiger partial charge in [0.1, 0.15) is 0 Å². The van der Waals surface area contributed by atoms with Crippen molar-refractivity contribution in [3.63, 3.8) is 0 Å². The lowest BCUT2D eigenvalue weighted by atomic mass is 10.3. The van der Waals surface area contributed by atoms with Gasteiger partial charge in [-0.15, -0.1) is 0 Å². The van der Waals surface area contributed by atoms with Crippen molar-refractivity contribution in [1.82, 2.24) is 4.90 Å². The molecule has 1 unspecified atom stereocenters. The highest BCUT2D eigenvalue weighted by Gasteiger charge is 2.17. The SMILES string of the molecule is CC(N)CCSCC(=O)N1CCCC1. The van der Waals surface area contributed by atoms with Gasteiger partial charge in [-0.1, -0.05) is 0 Å². The summed E-state index contributed by atoms with van der Waals surface area (Å²) in [5.74, 6) is 1.93. The molecule has 1 heterocycles. The lowest BCUT2D eigenvalue weighted by Crippen LogP contribution is -2.29. The van der Waals surface area contributed by atoms with Crippen LogP contribution in [0.15, 0.2) is 0 Å². The molecule has 2 N–H and O–H groups in total. The number of nitrogens with two attached hydrogens (primary N) is 1. The number of likely N-dealkylation sites (tertiary alicyclic amines) is 1. The highest BCUT2D eigenvalue weighted by Crippen LogP contribution is 2.11. The maximum atomic E-state index is 11.6. The Morgan fingerprint density at radius 1 is 1.50 bits per heavy atom. The molecule has 1 amide bonds. The largest absolute Gasteiger partial charge is 0.342 e. The lowest BCUT2D eigenvalue weighted by molar-refractivity contribution is -0.127. The van der Waals surface area contributed by atoms with Crippen molar-refractivity contribution < 1.29 is 4.79 Å². The third kappa shape index (κ3) is 4.33. The van der Waals surface area contributed by atoms with E-state index in [1.54, 1.807) is 11.8 Å². The summed E-state index contributed by atoms with van der Waals surface area (Å²) in [6.07, 6.45) is 3.35. The second kappa shape index (κ2) is 6.30. The monoisotopic (exact) mass is 216 g/mol. The molecule has 0 bridgehead atoms. The van der Waals surface area contributed by atoms with Crippen LogP contribution >= 0.6 is 11.8 Å². The molecule has 1 atom stereocenters. The van der Waals surface area contributed by atoms with E-state index in [1.165, 1.54) is 12.8 Å². The number of hydrogen-bond acceptors (Lipinski definition) is 3. The maximum Gasteiger partial charge on any atom is 0.232 e. The topological polar surface area (TPSA) is 46.3 Å². The number of thioether (sulfide) groups is 1. The van der Waals surface area contributed by atoms with Crippen LogP contribution in [0.4, 0.5) is 0 Å². The van der Waals surface area contributed by atoms with Gasteiger partial charge >= 0.3 is 0 Å². The maximum absolute atomic E-state index is 11.6. The van der Waals surface area contributed by atoms with Crippen molar-refractivity contribution in [2.24, 2.45) is 5.73 Å². The fourth-order valence-corrected chi connectivity index (χ4v) is 2.53. The zero-order valence-corrected chi connectivity index (χ0v) is 9.68. The third-order valence-corrected chi connectivity index (χ3v) is 3.38. The van der Waals surface area contributed by atoms with E-state index in [0.29, 0.717) is 11.7 Å². The molecule has 0 aromatic carbocycles. The van der Waals surface area contributed by atoms with Gasteiger partial charge in [-0.25, -0.2) is 0 Å². The van der Waals surface area contributed by atoms with Gasteiger partial charge in [-0.05, 0) is 31.9 Å². The summed E-state index contributed by atoms with van der Waals surface area (Å²) >= 11 is 1.71. The molecular weight excluding hydrogens is 196 g/mol. The van der Waals surface area contributed by atoms with Gasteiger partial charge in [0.15, 0.2) is 0 Å². The third-order valence-electron chi connectivity index (χ3n) is 2.40. The van der Waals surface area contributed by atoms with E-state index in [-0.39, 0.29) is 6.04 Å². The van der Waals surface area contributed by atoms with E-state index in [1.807, 2.05) is 11.8 Å². The minimum atomic E-state index is 0.254. The number of amides is 1. The van der Waals surface area contributed by atoms with E-state index in [4.69, 9.17) is 5.73 Å². The van der Waals surface area contributed by atoms with Crippen molar-refractivity contribution >= 4 is 17.7 Å². The second-order valence-electron chi connectivity index (χ2n) is 3.91. The minimum Gasteiger partial charge on any atom is -0.342 e. The average molecular weight is 216 g/mol. The van der Waals surface area contributed by atoms with Crippen molar-refractivity contribution in [3.8, 4) is 0 Å². The summed E-state index contributed by atoms with van der Waals surface area (Å²) in [7, 11) is 0. The highest BCUT2D eigenvalue weighted by atomic mass is 32.2. The molecule has 1 fully saturated rings. The van der Waals surface area contributed by atoms with Gasteiger partial charge in [0, 0.05) is 19.1 Å². The van der Waals surface area contributed by atoms with Crippen LogP contribution in [0.1, 0.15) is 26.2 Å². The van der Waals surface area contributed by atoms with Gasteiger partial charge in [0.2, 0.25) is 5.91 Å². The minimum absolute atomic E-state index is 0.254. The standard InChI is InChI=1S/C10H20N2OS/c1-9(11)4-7-14-8-10(13)12-5-2-3-6-12/h9H,2-8,11H2,1H3. The van der Waals surface area contributed by atoms with E-state index in [9.17, 15) is 4.79 Å². The first-order chi connectivity index (χ1) is 6.70. The Bertz CT molecular complexity index is 179. The van der Waals surface area contributed by atoms with Crippen LogP contribution in [0.5, 0.6) is 0 Å². The van der Waals surface area contributed by atoms with Gasteiger partial charge < -0.3 is 10.6 Å². The Morgan fingerprint density at radius 3 is 2.71 bits per heavy atom. The van der Waals surface area contributed by atoms with Gasteiger partial charge in [-0.2, -0.15) is 11.8 Å². The van der Waals surface area contributed by atoms with Crippen LogP contribution in [-0.2, 0) is 4.79 Å². The van der Waals surface area contributed by atoms with Crippen LogP contribution in [0.3, 0.4) is 0 Å². The van der Waals surface area contributed by atoms with Gasteiger partial charge in [-0.3, -0.25) is 4.79 Å². The fraction of sp³-hybridized carbons (Fsp3) is 0.900. The normalized spacial score (nSPS) is 18.6. The van der Waals surface area contributed by atoms with Crippen molar-refractivity contribution in [2.75, 3.05) is 24.6 Å². The molecule has 0 aromatic heterocycles. The first kappa shape index (κ1) is 11.9. The van der Waals surface area contributed by atoms with Crippen LogP contribution in [0.25, 0.3) is 0 Å². The molecule has 0 saturated carbocycles. The summed E-state index contributed by atoms with van der Waals surface area (Å²) < 4.78 is 0. The lowest BCUT2D eigenvalue weighted by Gasteiger charge is -2.14. The summed E-state index contributed by atoms with van der Waals surface area (Å²) in [6, 6.07) is 0.254. The molecule has 3 nitrogen and oxygen atoms in total. The van der Waals surface area contributed by atoms with Crippen LogP contribution in [0.2, 0.25) is 0 Å². The Balaban J connectivity index is 2.03. The number of nitrogens with zero attached hydrogens (tertiary/aromatic N) is 1. The summed E-state index contributed by atoms with van der Waals surface area (Å²) in [4.78, 5) is 13.5. The summed E-state index contributed by atoms with van der Waals surface area (Å²) in [5.41, 5.74) is 5.62. The first-order valence-corrected chi connectivity index (χ1v) is 6.46. The van der Waals surface area contributed by atoms with Crippen molar-refractivity contribution in [2.45, 2.75) is 32.2 Å². The summed E-state index contributed by atoms with van der Waals surface area (Å²) in [5, 5.41) is 0. The second-order valence-corrected chi connectivity index (χ2v) is 5.01. The molecule has 82 valence electrons. The molecule has 0 aromatic rings. The zero-order valence-electron chi connectivity index (χ0n) is 8.87. The fourth-order valence-electron chi connectivity index (χ4n) is 1.49. The Kier molecular flexibility index (Phi) is 5.33. The smallest absolute Gasteiger partial charge is 0.232 e. The molecular formula is C10H20N2OS. The van der Waals surface area contributed by atoms with E-state index in [2.05, 4.69) is 0 Å². The Labute approximate surface area is 90.4 Å². The van der Waals surface area contributed by atoms with E-state index in [0.717, 1.165) is 25.3 Å². The first-order valence-electron chi connectivity index (χ1n) is 5.31. The molecule has 1 saturated heterocycles. The molecule has 4 heteroatoms. The van der Waals surface area contributed by atoms with Gasteiger partial charge in [0.25, 0.3) is 0 Å². The Hall–Kier alpha value is -0.220. The molecule has 14 heavy (non-hydrogen) atoms. The number of hydrogen-bond donors (Lipinski definition) is 1. The van der Waals surface area contributed by atoms with Crippen LogP contribution in [-0.4, -0.2) is 41.4 Å². The average Bonchev–Trinajstić information content (AvgIpc) is 2.64.